The van der Waals surface area contributed by atoms with E-state index in [9.17, 15) is 27.2 Å². The Morgan fingerprint density at radius 2 is 1.44 bits per heavy atom. The summed E-state index contributed by atoms with van der Waals surface area (Å²) >= 11 is 0. The predicted molar refractivity (Wildman–Crippen MR) is 86.1 cm³/mol. The van der Waals surface area contributed by atoms with Crippen molar-refractivity contribution in [2.24, 2.45) is 0 Å². The zero-order valence-electron chi connectivity index (χ0n) is 15.0. The average molecular weight is 395 g/mol. The number of benzene rings is 1. The fourth-order valence-corrected chi connectivity index (χ4v) is 1.84. The molecular weight excluding hydrogens is 374 g/mol. The van der Waals surface area contributed by atoms with E-state index < -0.39 is 41.4 Å². The molecule has 0 radical (unpaired) electrons. The van der Waals surface area contributed by atoms with E-state index in [4.69, 9.17) is 9.47 Å². The molecule has 0 spiro atoms. The molecule has 0 aliphatic heterocycles. The molecule has 1 N–H and O–H groups in total. The molecule has 1 aromatic rings. The lowest BCUT2D eigenvalue weighted by molar-refractivity contribution is -0.136. The Bertz CT molecular complexity index is 628. The number of esters is 1. The van der Waals surface area contributed by atoms with Gasteiger partial charge in [0.2, 0.25) is 23.3 Å². The summed E-state index contributed by atoms with van der Waals surface area (Å²) in [4.78, 5) is 22.8. The number of halogens is 4. The van der Waals surface area contributed by atoms with Gasteiger partial charge in [-0.25, -0.2) is 8.78 Å². The van der Waals surface area contributed by atoms with E-state index in [0.717, 1.165) is 0 Å². The van der Waals surface area contributed by atoms with Crippen LogP contribution in [0, 0.1) is 23.3 Å². The third kappa shape index (κ3) is 8.35. The maximum absolute atomic E-state index is 13.4. The molecule has 1 amide bonds. The number of hydrogen-bond acceptors (Lipinski definition) is 5. The number of rotatable bonds is 11. The van der Waals surface area contributed by atoms with Crippen LogP contribution < -0.4 is 10.1 Å². The summed E-state index contributed by atoms with van der Waals surface area (Å²) in [5, 5.41) is 2.70. The van der Waals surface area contributed by atoms with E-state index in [1.165, 1.54) is 0 Å². The van der Waals surface area contributed by atoms with Gasteiger partial charge in [-0.2, -0.15) is 8.78 Å². The first-order valence-corrected chi connectivity index (χ1v) is 8.20. The average Bonchev–Trinajstić information content (AvgIpc) is 2.58. The fraction of sp³-hybridized carbons (Fsp3) is 0.529. The number of ether oxygens (including phenoxy) is 3. The lowest BCUT2D eigenvalue weighted by atomic mass is 10.3. The largest absolute Gasteiger partial charge is 0.420 e. The van der Waals surface area contributed by atoms with E-state index in [2.05, 4.69) is 10.1 Å². The van der Waals surface area contributed by atoms with E-state index in [-0.39, 0.29) is 50.9 Å². The summed E-state index contributed by atoms with van der Waals surface area (Å²) in [6.07, 6.45) is -0.195. The molecule has 1 aromatic carbocycles. The number of carbonyl (C=O) groups excluding carboxylic acids is 2. The summed E-state index contributed by atoms with van der Waals surface area (Å²) in [6, 6.07) is 0.0591. The second-order valence-electron chi connectivity index (χ2n) is 5.72. The highest BCUT2D eigenvalue weighted by Gasteiger charge is 2.22. The number of nitrogens with one attached hydrogen (secondary N) is 1. The first-order chi connectivity index (χ1) is 12.7. The standard InChI is InChI=1S/C17H21F4NO5/c1-10(2)22-13(23)3-5-25-7-8-26-6-4-14(24)27-17-15(20)11(18)9-12(19)16(17)21/h9-10H,3-8H2,1-2H3,(H,22,23). The lowest BCUT2D eigenvalue weighted by Crippen LogP contribution is -2.30. The van der Waals surface area contributed by atoms with Gasteiger partial charge < -0.3 is 19.5 Å². The molecule has 0 bridgehead atoms. The molecule has 152 valence electrons. The van der Waals surface area contributed by atoms with Crippen LogP contribution in [0.5, 0.6) is 5.75 Å². The Morgan fingerprint density at radius 1 is 0.926 bits per heavy atom. The van der Waals surface area contributed by atoms with Crippen LogP contribution in [0.25, 0.3) is 0 Å². The smallest absolute Gasteiger partial charge is 0.313 e. The van der Waals surface area contributed by atoms with Crippen LogP contribution in [0.3, 0.4) is 0 Å². The van der Waals surface area contributed by atoms with Crippen LogP contribution in [0.1, 0.15) is 26.7 Å². The van der Waals surface area contributed by atoms with Crippen molar-refractivity contribution < 1.29 is 41.4 Å². The molecule has 10 heteroatoms. The van der Waals surface area contributed by atoms with Crippen LogP contribution in [0.4, 0.5) is 17.6 Å². The Hall–Kier alpha value is -2.20. The second kappa shape index (κ2) is 11.5. The van der Waals surface area contributed by atoms with Gasteiger partial charge in [-0.1, -0.05) is 0 Å². The quantitative estimate of drug-likeness (QED) is 0.205. The van der Waals surface area contributed by atoms with Gasteiger partial charge in [0.15, 0.2) is 11.6 Å². The van der Waals surface area contributed by atoms with E-state index >= 15 is 0 Å². The fourth-order valence-electron chi connectivity index (χ4n) is 1.84. The van der Waals surface area contributed by atoms with Gasteiger partial charge >= 0.3 is 5.97 Å². The maximum atomic E-state index is 13.4. The third-order valence-corrected chi connectivity index (χ3v) is 3.03. The van der Waals surface area contributed by atoms with Crippen LogP contribution >= 0.6 is 0 Å². The minimum atomic E-state index is -1.79. The molecule has 0 aliphatic rings. The third-order valence-electron chi connectivity index (χ3n) is 3.03. The first kappa shape index (κ1) is 22.8. The van der Waals surface area contributed by atoms with Gasteiger partial charge in [-0.3, -0.25) is 9.59 Å². The van der Waals surface area contributed by atoms with Crippen molar-refractivity contribution in [3.05, 3.63) is 29.3 Å². The van der Waals surface area contributed by atoms with E-state index in [1.54, 1.807) is 0 Å². The molecule has 0 aliphatic carbocycles. The maximum Gasteiger partial charge on any atom is 0.313 e. The summed E-state index contributed by atoms with van der Waals surface area (Å²) in [7, 11) is 0. The SMILES string of the molecule is CC(C)NC(=O)CCOCCOCCC(=O)Oc1c(F)c(F)cc(F)c1F. The van der Waals surface area contributed by atoms with Crippen molar-refractivity contribution in [1.82, 2.24) is 5.32 Å². The monoisotopic (exact) mass is 395 g/mol. The topological polar surface area (TPSA) is 73.9 Å². The highest BCUT2D eigenvalue weighted by Crippen LogP contribution is 2.26. The molecule has 0 saturated heterocycles. The van der Waals surface area contributed by atoms with E-state index in [1.807, 2.05) is 13.8 Å². The van der Waals surface area contributed by atoms with Crippen molar-refractivity contribution in [2.75, 3.05) is 26.4 Å². The normalized spacial score (nSPS) is 10.9. The van der Waals surface area contributed by atoms with Gasteiger partial charge in [0.1, 0.15) is 0 Å². The zero-order chi connectivity index (χ0) is 20.4. The molecule has 6 nitrogen and oxygen atoms in total. The summed E-state index contributed by atoms with van der Waals surface area (Å²) < 4.78 is 67.2. The number of carbonyl (C=O) groups is 2. The van der Waals surface area contributed by atoms with Crippen molar-refractivity contribution in [1.29, 1.82) is 0 Å². The predicted octanol–water partition coefficient (Wildman–Crippen LogP) is 2.49. The van der Waals surface area contributed by atoms with Crippen LogP contribution in [0.15, 0.2) is 6.07 Å². The highest BCUT2D eigenvalue weighted by atomic mass is 19.2. The Morgan fingerprint density at radius 3 is 1.96 bits per heavy atom. The lowest BCUT2D eigenvalue weighted by Gasteiger charge is -2.09. The minimum absolute atomic E-state index is 0.0115. The number of hydrogen-bond donors (Lipinski definition) is 1. The highest BCUT2D eigenvalue weighted by molar-refractivity contribution is 5.76. The Kier molecular flexibility index (Phi) is 9.73. The van der Waals surface area contributed by atoms with Gasteiger partial charge in [-0.05, 0) is 13.8 Å². The molecule has 27 heavy (non-hydrogen) atoms. The first-order valence-electron chi connectivity index (χ1n) is 8.20. The molecule has 0 fully saturated rings. The Labute approximate surface area is 153 Å². The van der Waals surface area contributed by atoms with Gasteiger partial charge in [0.25, 0.3) is 0 Å². The minimum Gasteiger partial charge on any atom is -0.420 e. The molecule has 0 aromatic heterocycles. The van der Waals surface area contributed by atoms with Crippen LogP contribution in [-0.4, -0.2) is 44.3 Å². The summed E-state index contributed by atoms with van der Waals surface area (Å²) in [5.41, 5.74) is 0. The molecule has 0 atom stereocenters. The van der Waals surface area contributed by atoms with Crippen molar-refractivity contribution in [2.45, 2.75) is 32.7 Å². The summed E-state index contributed by atoms with van der Waals surface area (Å²) in [6.45, 7) is 4.00. The second-order valence-corrected chi connectivity index (χ2v) is 5.72. The van der Waals surface area contributed by atoms with Crippen molar-refractivity contribution in [3.63, 3.8) is 0 Å². The molecule has 0 unspecified atom stereocenters. The zero-order valence-corrected chi connectivity index (χ0v) is 15.0. The number of amides is 1. The van der Waals surface area contributed by atoms with Gasteiger partial charge in [0.05, 0.1) is 32.8 Å². The van der Waals surface area contributed by atoms with Gasteiger partial charge in [0, 0.05) is 18.5 Å². The van der Waals surface area contributed by atoms with Crippen molar-refractivity contribution >= 4 is 11.9 Å². The molecular formula is C17H21F4NO5. The molecule has 0 heterocycles. The van der Waals surface area contributed by atoms with Gasteiger partial charge in [-0.15, -0.1) is 0 Å². The van der Waals surface area contributed by atoms with Crippen LogP contribution in [0.2, 0.25) is 0 Å². The summed E-state index contributed by atoms with van der Waals surface area (Å²) in [5.74, 6) is -9.62. The van der Waals surface area contributed by atoms with Crippen LogP contribution in [-0.2, 0) is 19.1 Å². The molecule has 0 saturated carbocycles. The Balaban J connectivity index is 2.19. The van der Waals surface area contributed by atoms with Crippen molar-refractivity contribution in [3.8, 4) is 5.75 Å². The van der Waals surface area contributed by atoms with E-state index in [0.29, 0.717) is 0 Å². The molecule has 1 rings (SSSR count).